The third kappa shape index (κ3) is 7.35. The van der Waals surface area contributed by atoms with Gasteiger partial charge >= 0.3 is 6.18 Å². The molecule has 3 heterocycles. The first-order chi connectivity index (χ1) is 14.9. The maximum Gasteiger partial charge on any atom is 0.433 e. The number of pyridine rings is 1. The van der Waals surface area contributed by atoms with Crippen molar-refractivity contribution in [3.63, 3.8) is 0 Å². The fourth-order valence-corrected chi connectivity index (χ4v) is 3.30. The van der Waals surface area contributed by atoms with E-state index in [4.69, 9.17) is 0 Å². The monoisotopic (exact) mass is 436 g/mol. The van der Waals surface area contributed by atoms with Crippen molar-refractivity contribution in [2.45, 2.75) is 31.6 Å². The Kier molecular flexibility index (Phi) is 7.99. The number of aromatic nitrogens is 3. The van der Waals surface area contributed by atoms with Gasteiger partial charge in [0.05, 0.1) is 5.69 Å². The highest BCUT2D eigenvalue weighted by molar-refractivity contribution is 5.80. The van der Waals surface area contributed by atoms with Crippen molar-refractivity contribution in [1.29, 1.82) is 0 Å². The Balaban J connectivity index is 1.36. The van der Waals surface area contributed by atoms with E-state index in [2.05, 4.69) is 40.8 Å². The molecule has 11 heteroatoms. The average molecular weight is 436 g/mol. The van der Waals surface area contributed by atoms with Crippen molar-refractivity contribution in [2.75, 3.05) is 38.5 Å². The third-order valence-corrected chi connectivity index (χ3v) is 4.91. The lowest BCUT2D eigenvalue weighted by Gasteiger charge is -2.32. The summed E-state index contributed by atoms with van der Waals surface area (Å²) in [5, 5.41) is 9.35. The lowest BCUT2D eigenvalue weighted by molar-refractivity contribution is -0.141. The zero-order valence-electron chi connectivity index (χ0n) is 17.4. The molecular weight excluding hydrogens is 409 g/mol. The predicted octanol–water partition coefficient (Wildman–Crippen LogP) is 2.13. The summed E-state index contributed by atoms with van der Waals surface area (Å²) in [5.74, 6) is 0.606. The molecule has 0 amide bonds. The van der Waals surface area contributed by atoms with E-state index in [1.165, 1.54) is 0 Å². The number of nitrogens with one attached hydrogen (secondary N) is 3. The maximum atomic E-state index is 12.7. The molecule has 0 aromatic carbocycles. The molecule has 8 nitrogen and oxygen atoms in total. The van der Waals surface area contributed by atoms with Gasteiger partial charge < -0.3 is 16.0 Å². The summed E-state index contributed by atoms with van der Waals surface area (Å²) in [6.07, 6.45) is 0.393. The van der Waals surface area contributed by atoms with E-state index in [0.717, 1.165) is 50.4 Å². The maximum absolute atomic E-state index is 12.7. The van der Waals surface area contributed by atoms with Crippen molar-refractivity contribution in [3.8, 4) is 0 Å². The Labute approximate surface area is 179 Å². The second-order valence-corrected chi connectivity index (χ2v) is 7.20. The third-order valence-electron chi connectivity index (χ3n) is 4.91. The first-order valence-electron chi connectivity index (χ1n) is 10.2. The van der Waals surface area contributed by atoms with Crippen LogP contribution in [0.25, 0.3) is 0 Å². The van der Waals surface area contributed by atoms with Crippen LogP contribution in [-0.4, -0.2) is 65.1 Å². The van der Waals surface area contributed by atoms with Crippen LogP contribution in [0.1, 0.15) is 24.2 Å². The minimum Gasteiger partial charge on any atom is -0.355 e. The number of hydrogen-bond donors (Lipinski definition) is 3. The van der Waals surface area contributed by atoms with Crippen LogP contribution in [0.5, 0.6) is 0 Å². The zero-order chi connectivity index (χ0) is 22.1. The second kappa shape index (κ2) is 10.9. The second-order valence-electron chi connectivity index (χ2n) is 7.20. The Morgan fingerprint density at radius 3 is 2.61 bits per heavy atom. The zero-order valence-corrected chi connectivity index (χ0v) is 17.4. The van der Waals surface area contributed by atoms with Crippen LogP contribution in [0.3, 0.4) is 0 Å². The molecule has 31 heavy (non-hydrogen) atoms. The van der Waals surface area contributed by atoms with Crippen LogP contribution >= 0.6 is 0 Å². The van der Waals surface area contributed by atoms with Gasteiger partial charge in [0.25, 0.3) is 0 Å². The number of alkyl halides is 3. The van der Waals surface area contributed by atoms with Crippen molar-refractivity contribution in [2.24, 2.45) is 4.99 Å². The van der Waals surface area contributed by atoms with Gasteiger partial charge in [0.2, 0.25) is 5.95 Å². The summed E-state index contributed by atoms with van der Waals surface area (Å²) in [6.45, 7) is 3.60. The van der Waals surface area contributed by atoms with Gasteiger partial charge in [0.15, 0.2) is 5.96 Å². The number of piperidine rings is 1. The molecule has 0 aliphatic carbocycles. The van der Waals surface area contributed by atoms with E-state index in [-0.39, 0.29) is 5.95 Å². The molecule has 1 fully saturated rings. The number of halogens is 3. The Morgan fingerprint density at radius 2 is 1.94 bits per heavy atom. The molecular formula is C20H27F3N8. The summed E-state index contributed by atoms with van der Waals surface area (Å²) in [6, 6.07) is 7.11. The molecule has 1 aliphatic rings. The number of likely N-dealkylation sites (tertiary alicyclic amines) is 1. The largest absolute Gasteiger partial charge is 0.433 e. The minimum atomic E-state index is -4.49. The fourth-order valence-electron chi connectivity index (χ4n) is 3.30. The van der Waals surface area contributed by atoms with Crippen LogP contribution < -0.4 is 16.0 Å². The summed E-state index contributed by atoms with van der Waals surface area (Å²) in [4.78, 5) is 18.3. The van der Waals surface area contributed by atoms with E-state index in [1.54, 1.807) is 7.05 Å². The van der Waals surface area contributed by atoms with Gasteiger partial charge in [0, 0.05) is 58.2 Å². The van der Waals surface area contributed by atoms with E-state index in [0.29, 0.717) is 25.1 Å². The molecule has 1 saturated heterocycles. The number of aliphatic imine (C=N–C) groups is 1. The number of hydrogen-bond acceptors (Lipinski definition) is 6. The van der Waals surface area contributed by atoms with Gasteiger partial charge in [0.1, 0.15) is 5.69 Å². The molecule has 2 aromatic heterocycles. The van der Waals surface area contributed by atoms with E-state index < -0.39 is 11.9 Å². The summed E-state index contributed by atoms with van der Waals surface area (Å²) < 4.78 is 38.1. The molecule has 0 radical (unpaired) electrons. The summed E-state index contributed by atoms with van der Waals surface area (Å²) in [7, 11) is 1.69. The molecule has 1 aliphatic heterocycles. The Morgan fingerprint density at radius 1 is 1.13 bits per heavy atom. The SMILES string of the molecule is CN=C(NCCNc1nccc(C(F)(F)F)n1)NC1CCN(Cc2ccccn2)CC1. The molecule has 0 bridgehead atoms. The summed E-state index contributed by atoms with van der Waals surface area (Å²) in [5.41, 5.74) is 0.105. The number of anilines is 1. The molecule has 0 unspecified atom stereocenters. The molecule has 2 aromatic rings. The van der Waals surface area contributed by atoms with Crippen molar-refractivity contribution >= 4 is 11.9 Å². The molecule has 0 atom stereocenters. The molecule has 3 N–H and O–H groups in total. The van der Waals surface area contributed by atoms with Crippen LogP contribution in [0, 0.1) is 0 Å². The molecule has 168 valence electrons. The Hall–Kier alpha value is -2.95. The van der Waals surface area contributed by atoms with Gasteiger partial charge in [-0.3, -0.25) is 14.9 Å². The number of nitrogens with zero attached hydrogens (tertiary/aromatic N) is 5. The average Bonchev–Trinajstić information content (AvgIpc) is 2.77. The minimum absolute atomic E-state index is 0.0557. The number of guanidine groups is 1. The van der Waals surface area contributed by atoms with Crippen molar-refractivity contribution < 1.29 is 13.2 Å². The first-order valence-corrected chi connectivity index (χ1v) is 10.2. The molecule has 3 rings (SSSR count). The van der Waals surface area contributed by atoms with Crippen molar-refractivity contribution in [1.82, 2.24) is 30.5 Å². The first kappa shape index (κ1) is 22.7. The van der Waals surface area contributed by atoms with Gasteiger partial charge in [-0.15, -0.1) is 0 Å². The predicted molar refractivity (Wildman–Crippen MR) is 113 cm³/mol. The van der Waals surface area contributed by atoms with Crippen LogP contribution in [-0.2, 0) is 12.7 Å². The van der Waals surface area contributed by atoms with Crippen LogP contribution in [0.4, 0.5) is 19.1 Å². The van der Waals surface area contributed by atoms with Crippen LogP contribution in [0.15, 0.2) is 41.7 Å². The van der Waals surface area contributed by atoms with Gasteiger partial charge in [-0.25, -0.2) is 9.97 Å². The van der Waals surface area contributed by atoms with Crippen LogP contribution in [0.2, 0.25) is 0 Å². The van der Waals surface area contributed by atoms with E-state index >= 15 is 0 Å². The summed E-state index contributed by atoms with van der Waals surface area (Å²) >= 11 is 0. The van der Waals surface area contributed by atoms with Gasteiger partial charge in [-0.1, -0.05) is 6.07 Å². The van der Waals surface area contributed by atoms with E-state index in [1.807, 2.05) is 24.4 Å². The van der Waals surface area contributed by atoms with E-state index in [9.17, 15) is 13.2 Å². The molecule has 0 saturated carbocycles. The van der Waals surface area contributed by atoms with Gasteiger partial charge in [-0.05, 0) is 31.0 Å². The fraction of sp³-hybridized carbons (Fsp3) is 0.500. The smallest absolute Gasteiger partial charge is 0.355 e. The highest BCUT2D eigenvalue weighted by Gasteiger charge is 2.32. The molecule has 0 spiro atoms. The standard InChI is InChI=1S/C20H27F3N8/c1-24-18(27-10-11-28-19-26-9-5-17(30-19)20(21,22)23)29-15-6-12-31(13-7-15)14-16-4-2-3-8-25-16/h2-5,8-9,15H,6-7,10-14H2,1H3,(H2,24,27,29)(H,26,28,30). The highest BCUT2D eigenvalue weighted by atomic mass is 19.4. The van der Waals surface area contributed by atoms with Crippen molar-refractivity contribution in [3.05, 3.63) is 48.0 Å². The number of rotatable bonds is 7. The van der Waals surface area contributed by atoms with Gasteiger partial charge in [-0.2, -0.15) is 13.2 Å². The lowest BCUT2D eigenvalue weighted by atomic mass is 10.1. The lowest BCUT2D eigenvalue weighted by Crippen LogP contribution is -2.49. The highest BCUT2D eigenvalue weighted by Crippen LogP contribution is 2.27. The quantitative estimate of drug-likeness (QED) is 0.348. The normalized spacial score (nSPS) is 16.2. The Bertz CT molecular complexity index is 836. The topological polar surface area (TPSA) is 90.4 Å².